The fraction of sp³-hybridized carbons (Fsp3) is 0.368. The van der Waals surface area contributed by atoms with Crippen molar-refractivity contribution in [2.45, 2.75) is 43.5 Å². The van der Waals surface area contributed by atoms with Crippen LogP contribution in [0.15, 0.2) is 54.1 Å². The monoisotopic (exact) mass is 488 g/mol. The molecule has 0 amide bonds. The number of halogens is 5. The predicted molar refractivity (Wildman–Crippen MR) is 123 cm³/mol. The van der Waals surface area contributed by atoms with Crippen molar-refractivity contribution in [1.29, 1.82) is 0 Å². The van der Waals surface area contributed by atoms with Gasteiger partial charge >= 0.3 is 0 Å². The highest BCUT2D eigenvalue weighted by Crippen LogP contribution is 2.34. The van der Waals surface area contributed by atoms with Crippen molar-refractivity contribution in [2.24, 2.45) is 5.84 Å². The van der Waals surface area contributed by atoms with Crippen LogP contribution in [0.4, 0.5) is 0 Å². The Hall–Kier alpha value is -0.590. The Bertz CT molecular complexity index is 683. The number of rotatable bonds is 2. The first-order chi connectivity index (χ1) is 12.3. The Kier molecular flexibility index (Phi) is 14.4. The zero-order valence-electron chi connectivity index (χ0n) is 16.0. The number of hydrogen-bond donors (Lipinski definition) is 2. The topological polar surface area (TPSA) is 72.2 Å². The zero-order valence-corrected chi connectivity index (χ0v) is 19.9. The van der Waals surface area contributed by atoms with Crippen LogP contribution in [0, 0.1) is 0 Å². The number of benzene rings is 1. The van der Waals surface area contributed by atoms with Gasteiger partial charge in [0.25, 0.3) is 5.24 Å². The third kappa shape index (κ3) is 12.1. The van der Waals surface area contributed by atoms with E-state index >= 15 is 0 Å². The van der Waals surface area contributed by atoms with E-state index in [1.54, 1.807) is 49.4 Å². The van der Waals surface area contributed by atoms with E-state index in [2.05, 4.69) is 5.43 Å². The van der Waals surface area contributed by atoms with Gasteiger partial charge < -0.3 is 0 Å². The summed E-state index contributed by atoms with van der Waals surface area (Å²) < 4.78 is 0. The van der Waals surface area contributed by atoms with Crippen LogP contribution in [0.25, 0.3) is 0 Å². The maximum absolute atomic E-state index is 10.8. The second kappa shape index (κ2) is 13.6. The Morgan fingerprint density at radius 3 is 1.86 bits per heavy atom. The predicted octanol–water partition coefficient (Wildman–Crippen LogP) is 5.59. The molecule has 28 heavy (non-hydrogen) atoms. The minimum absolute atomic E-state index is 0. The van der Waals surface area contributed by atoms with Crippen molar-refractivity contribution >= 4 is 69.3 Å². The van der Waals surface area contributed by atoms with Gasteiger partial charge in [0, 0.05) is 16.7 Å². The molecule has 9 heteroatoms. The van der Waals surface area contributed by atoms with Crippen LogP contribution in [0.1, 0.15) is 38.1 Å². The van der Waals surface area contributed by atoms with Gasteiger partial charge in [-0.15, -0.1) is 35.6 Å². The van der Waals surface area contributed by atoms with Crippen molar-refractivity contribution in [3.63, 3.8) is 0 Å². The van der Waals surface area contributed by atoms with Gasteiger partial charge in [0.15, 0.2) is 0 Å². The fourth-order valence-electron chi connectivity index (χ4n) is 1.55. The van der Waals surface area contributed by atoms with Crippen LogP contribution in [0.5, 0.6) is 0 Å². The van der Waals surface area contributed by atoms with E-state index in [1.165, 1.54) is 0 Å². The van der Waals surface area contributed by atoms with Gasteiger partial charge in [-0.25, -0.2) is 0 Å². The number of carbonyl (C=O) groups is 2. The van der Waals surface area contributed by atoms with Crippen LogP contribution in [0.2, 0.25) is 0 Å². The van der Waals surface area contributed by atoms with Gasteiger partial charge in [-0.2, -0.15) is 0 Å². The van der Waals surface area contributed by atoms with E-state index in [0.29, 0.717) is 11.1 Å². The van der Waals surface area contributed by atoms with Crippen molar-refractivity contribution in [3.8, 4) is 0 Å². The summed E-state index contributed by atoms with van der Waals surface area (Å²) in [6.45, 7) is 7.75. The standard InChI is InChI=1S/C8H7Cl3O.C7H5ClO.C4H12N2.ClH/c1-8(11)4-2-3-5(6(8)9)7(10)12;8-7(9)6-4-2-1-3-5-6;1-4(2,3)6-5;/h2-4,6H,1H3;1-5H;6H,5H2,1-3H3;1H. The first kappa shape index (κ1) is 29.6. The maximum atomic E-state index is 10.8. The molecule has 0 fully saturated rings. The lowest BCUT2D eigenvalue weighted by Crippen LogP contribution is -2.41. The highest BCUT2D eigenvalue weighted by Gasteiger charge is 2.34. The smallest absolute Gasteiger partial charge is 0.252 e. The van der Waals surface area contributed by atoms with E-state index in [1.807, 2.05) is 26.8 Å². The van der Waals surface area contributed by atoms with Crippen LogP contribution < -0.4 is 11.3 Å². The molecule has 0 heterocycles. The van der Waals surface area contributed by atoms with E-state index in [-0.39, 0.29) is 17.9 Å². The third-order valence-electron chi connectivity index (χ3n) is 3.13. The number of nitrogens with two attached hydrogens (primary N) is 1. The van der Waals surface area contributed by atoms with Gasteiger partial charge in [0.2, 0.25) is 5.24 Å². The quantitative estimate of drug-likeness (QED) is 0.245. The molecule has 3 N–H and O–H groups in total. The molecule has 1 aliphatic carbocycles. The normalized spacial score (nSPS) is 20.3. The van der Waals surface area contributed by atoms with Crippen molar-refractivity contribution in [2.75, 3.05) is 0 Å². The zero-order chi connectivity index (χ0) is 21.3. The molecular weight excluding hydrogens is 465 g/mol. The number of hydrogen-bond acceptors (Lipinski definition) is 4. The molecule has 2 rings (SSSR count). The fourth-order valence-corrected chi connectivity index (χ4v) is 2.34. The summed E-state index contributed by atoms with van der Waals surface area (Å²) in [6.07, 6.45) is 4.99. The summed E-state index contributed by atoms with van der Waals surface area (Å²) in [6, 6.07) is 8.74. The molecule has 0 saturated heterocycles. The SMILES string of the molecule is CC(C)(C)NN.CC1(Cl)C=CC=C(C(=O)Cl)C1Cl.Cl.O=C(Cl)c1ccccc1. The van der Waals surface area contributed by atoms with Crippen LogP contribution in [-0.4, -0.2) is 26.3 Å². The van der Waals surface area contributed by atoms with E-state index in [0.717, 1.165) is 0 Å². The second-order valence-electron chi connectivity index (χ2n) is 6.80. The van der Waals surface area contributed by atoms with Crippen LogP contribution in [-0.2, 0) is 4.79 Å². The molecule has 158 valence electrons. The maximum Gasteiger partial charge on any atom is 0.252 e. The highest BCUT2D eigenvalue weighted by atomic mass is 35.5. The van der Waals surface area contributed by atoms with Gasteiger partial charge in [-0.05, 0) is 50.9 Å². The molecule has 1 aromatic rings. The average molecular weight is 491 g/mol. The Labute approximate surface area is 192 Å². The van der Waals surface area contributed by atoms with Crippen molar-refractivity contribution in [1.82, 2.24) is 5.43 Å². The Balaban J connectivity index is 0. The highest BCUT2D eigenvalue weighted by molar-refractivity contribution is 6.68. The molecule has 0 bridgehead atoms. The first-order valence-corrected chi connectivity index (χ1v) is 9.53. The van der Waals surface area contributed by atoms with Crippen molar-refractivity contribution < 1.29 is 9.59 Å². The Morgan fingerprint density at radius 2 is 1.57 bits per heavy atom. The number of alkyl halides is 2. The molecule has 0 aliphatic heterocycles. The molecule has 1 aromatic carbocycles. The number of nitrogens with one attached hydrogen (secondary N) is 1. The largest absolute Gasteiger partial charge is 0.276 e. The van der Waals surface area contributed by atoms with E-state index < -0.39 is 20.7 Å². The lowest BCUT2D eigenvalue weighted by Gasteiger charge is -2.27. The summed E-state index contributed by atoms with van der Waals surface area (Å²) in [5.74, 6) is 5.06. The minimum Gasteiger partial charge on any atom is -0.276 e. The van der Waals surface area contributed by atoms with Gasteiger partial charge in [-0.3, -0.25) is 20.9 Å². The van der Waals surface area contributed by atoms with Gasteiger partial charge in [-0.1, -0.05) is 48.6 Å². The molecule has 2 unspecified atom stereocenters. The minimum atomic E-state index is -0.726. The summed E-state index contributed by atoms with van der Waals surface area (Å²) in [5, 5.41) is -1.52. The summed E-state index contributed by atoms with van der Waals surface area (Å²) in [7, 11) is 0. The summed E-state index contributed by atoms with van der Waals surface area (Å²) in [5.41, 5.74) is 3.56. The molecule has 0 saturated carbocycles. The summed E-state index contributed by atoms with van der Waals surface area (Å²) >= 11 is 22.4. The number of allylic oxidation sites excluding steroid dienone is 4. The average Bonchev–Trinajstić information content (AvgIpc) is 2.58. The lowest BCUT2D eigenvalue weighted by molar-refractivity contribution is -0.108. The third-order valence-corrected chi connectivity index (χ3v) is 4.71. The molecular formula is C19H25Cl5N2O2. The first-order valence-electron chi connectivity index (χ1n) is 7.96. The van der Waals surface area contributed by atoms with Gasteiger partial charge in [0.1, 0.15) is 0 Å². The molecule has 4 nitrogen and oxygen atoms in total. The number of hydrazine groups is 1. The van der Waals surface area contributed by atoms with Crippen LogP contribution in [0.3, 0.4) is 0 Å². The molecule has 0 aromatic heterocycles. The van der Waals surface area contributed by atoms with E-state index in [9.17, 15) is 9.59 Å². The summed E-state index contributed by atoms with van der Waals surface area (Å²) in [4.78, 5) is 20.5. The van der Waals surface area contributed by atoms with Gasteiger partial charge in [0.05, 0.1) is 10.3 Å². The van der Waals surface area contributed by atoms with Crippen molar-refractivity contribution in [3.05, 3.63) is 59.7 Å². The molecule has 0 spiro atoms. The number of carbonyl (C=O) groups excluding carboxylic acids is 2. The lowest BCUT2D eigenvalue weighted by atomic mass is 9.95. The Morgan fingerprint density at radius 1 is 1.11 bits per heavy atom. The molecule has 1 aliphatic rings. The second-order valence-corrected chi connectivity index (χ2v) is 8.74. The molecule has 2 atom stereocenters. The molecule has 0 radical (unpaired) electrons. The van der Waals surface area contributed by atoms with Crippen LogP contribution >= 0.6 is 58.8 Å². The van der Waals surface area contributed by atoms with E-state index in [4.69, 9.17) is 52.2 Å².